The fourth-order valence-corrected chi connectivity index (χ4v) is 6.31. The third kappa shape index (κ3) is 6.01. The molecule has 0 radical (unpaired) electrons. The first-order valence-corrected chi connectivity index (χ1v) is 15.2. The number of hydrogen-bond donors (Lipinski definition) is 3. The third-order valence-corrected chi connectivity index (χ3v) is 8.72. The summed E-state index contributed by atoms with van der Waals surface area (Å²) in [5.41, 5.74) is 5.58. The molecule has 3 heterocycles. The Hall–Kier alpha value is -4.47. The number of carbonyl (C=O) groups is 1. The second-order valence-corrected chi connectivity index (χ2v) is 12.0. The number of pyridine rings is 1. The molecule has 0 bridgehead atoms. The quantitative estimate of drug-likeness (QED) is 0.233. The molecule has 0 atom stereocenters. The largest absolute Gasteiger partial charge is 0.354 e. The van der Waals surface area contributed by atoms with Crippen molar-refractivity contribution < 1.29 is 13.2 Å². The van der Waals surface area contributed by atoms with Crippen LogP contribution in [0.5, 0.6) is 0 Å². The molecule has 4 aromatic rings. The van der Waals surface area contributed by atoms with E-state index in [2.05, 4.69) is 37.4 Å². The molecule has 9 heteroatoms. The number of fused-ring (bicyclic) bond motifs is 1. The zero-order valence-electron chi connectivity index (χ0n) is 22.5. The minimum absolute atomic E-state index is 0.0563. The fourth-order valence-electron chi connectivity index (χ4n) is 5.30. The van der Waals surface area contributed by atoms with Crippen LogP contribution in [0.2, 0.25) is 0 Å². The number of benzene rings is 3. The summed E-state index contributed by atoms with van der Waals surface area (Å²) in [6.45, 7) is 3.21. The van der Waals surface area contributed by atoms with Gasteiger partial charge in [0, 0.05) is 41.6 Å². The highest BCUT2D eigenvalue weighted by molar-refractivity contribution is 7.92. The molecule has 41 heavy (non-hydrogen) atoms. The summed E-state index contributed by atoms with van der Waals surface area (Å²) in [5.74, 6) is -0.264. The first-order chi connectivity index (χ1) is 20.0. The number of hydrogen-bond acceptors (Lipinski definition) is 6. The lowest BCUT2D eigenvalue weighted by atomic mass is 9.99. The molecule has 1 saturated heterocycles. The Morgan fingerprint density at radius 1 is 0.878 bits per heavy atom. The number of rotatable bonds is 8. The zero-order valence-corrected chi connectivity index (χ0v) is 23.3. The zero-order chi connectivity index (χ0) is 28.2. The van der Waals surface area contributed by atoms with E-state index in [0.29, 0.717) is 28.2 Å². The second kappa shape index (κ2) is 11.6. The van der Waals surface area contributed by atoms with Crippen LogP contribution in [-0.4, -0.2) is 37.3 Å². The van der Waals surface area contributed by atoms with Gasteiger partial charge in [-0.3, -0.25) is 19.4 Å². The molecule has 0 unspecified atom stereocenters. The summed E-state index contributed by atoms with van der Waals surface area (Å²) in [6, 6.07) is 26.1. The van der Waals surface area contributed by atoms with Gasteiger partial charge in [0.1, 0.15) is 4.90 Å². The Bertz CT molecular complexity index is 1680. The maximum Gasteiger partial charge on any atom is 0.263 e. The number of sulfonamides is 1. The number of aromatic nitrogens is 1. The topological polar surface area (TPSA) is 103 Å². The van der Waals surface area contributed by atoms with Crippen molar-refractivity contribution in [2.75, 3.05) is 28.4 Å². The molecule has 1 amide bonds. The van der Waals surface area contributed by atoms with Crippen LogP contribution in [-0.2, 0) is 21.4 Å². The highest BCUT2D eigenvalue weighted by atomic mass is 32.2. The second-order valence-electron chi connectivity index (χ2n) is 10.3. The van der Waals surface area contributed by atoms with Crippen LogP contribution in [0.25, 0.3) is 11.3 Å². The van der Waals surface area contributed by atoms with Gasteiger partial charge >= 0.3 is 0 Å². The average Bonchev–Trinajstić information content (AvgIpc) is 3.32. The van der Waals surface area contributed by atoms with Crippen LogP contribution in [0.1, 0.15) is 36.0 Å². The molecule has 208 valence electrons. The van der Waals surface area contributed by atoms with Crippen LogP contribution < -0.4 is 15.4 Å². The van der Waals surface area contributed by atoms with Gasteiger partial charge in [-0.1, -0.05) is 48.9 Å². The SMILES string of the molecule is O=C1Nc2ccc(NS(=O)(=O)c3cccnc3)cc2/C1=C(/Nc1ccc(CN2CCCCC2)cc1)c1ccccc1. The number of anilines is 3. The van der Waals surface area contributed by atoms with E-state index in [4.69, 9.17) is 0 Å². The number of nitrogens with one attached hydrogen (secondary N) is 3. The fraction of sp³-hybridized carbons (Fsp3) is 0.188. The molecule has 1 fully saturated rings. The molecule has 0 saturated carbocycles. The van der Waals surface area contributed by atoms with Gasteiger partial charge in [0.05, 0.1) is 11.3 Å². The van der Waals surface area contributed by atoms with Crippen LogP contribution in [0.3, 0.4) is 0 Å². The molecular weight excluding hydrogens is 534 g/mol. The van der Waals surface area contributed by atoms with E-state index in [-0.39, 0.29) is 10.8 Å². The normalized spacial score (nSPS) is 16.5. The van der Waals surface area contributed by atoms with Crippen molar-refractivity contribution in [3.63, 3.8) is 0 Å². The number of likely N-dealkylation sites (tertiary alicyclic amines) is 1. The molecule has 3 N–H and O–H groups in total. The predicted molar refractivity (Wildman–Crippen MR) is 163 cm³/mol. The van der Waals surface area contributed by atoms with Gasteiger partial charge in [0.15, 0.2) is 0 Å². The number of nitrogens with zero attached hydrogens (tertiary/aromatic N) is 2. The van der Waals surface area contributed by atoms with Gasteiger partial charge in [-0.25, -0.2) is 8.42 Å². The number of carbonyl (C=O) groups excluding carboxylic acids is 1. The Morgan fingerprint density at radius 2 is 1.63 bits per heavy atom. The summed E-state index contributed by atoms with van der Waals surface area (Å²) in [6.07, 6.45) is 6.63. The molecule has 8 nitrogen and oxygen atoms in total. The molecule has 2 aliphatic rings. The van der Waals surface area contributed by atoms with Crippen molar-refractivity contribution in [2.24, 2.45) is 0 Å². The van der Waals surface area contributed by atoms with Crippen LogP contribution in [0.15, 0.2) is 102 Å². The van der Waals surface area contributed by atoms with Crippen molar-refractivity contribution in [3.05, 3.63) is 114 Å². The van der Waals surface area contributed by atoms with E-state index < -0.39 is 10.0 Å². The van der Waals surface area contributed by atoms with Crippen molar-refractivity contribution in [1.82, 2.24) is 9.88 Å². The minimum Gasteiger partial charge on any atom is -0.354 e. The standard InChI is InChI=1S/C32H31N5O3S/c38-32-30(28-20-26(15-16-29(28)35-32)36-41(39,40)27-10-7-17-33-21-27)31(24-8-3-1-4-9-24)34-25-13-11-23(12-14-25)22-37-18-5-2-6-19-37/h1,3-4,7-17,20-21,34,36H,2,5-6,18-19,22H2,(H,35,38)/b31-30-. The van der Waals surface area contributed by atoms with Crippen LogP contribution in [0.4, 0.5) is 17.1 Å². The minimum atomic E-state index is -3.85. The first-order valence-electron chi connectivity index (χ1n) is 13.7. The number of piperidine rings is 1. The molecule has 0 aliphatic carbocycles. The summed E-state index contributed by atoms with van der Waals surface area (Å²) >= 11 is 0. The highest BCUT2D eigenvalue weighted by Gasteiger charge is 2.29. The van der Waals surface area contributed by atoms with Crippen molar-refractivity contribution in [3.8, 4) is 0 Å². The van der Waals surface area contributed by atoms with Crippen molar-refractivity contribution in [2.45, 2.75) is 30.7 Å². The van der Waals surface area contributed by atoms with Crippen molar-refractivity contribution in [1.29, 1.82) is 0 Å². The Kier molecular flexibility index (Phi) is 7.54. The lowest BCUT2D eigenvalue weighted by Crippen LogP contribution is -2.29. The van der Waals surface area contributed by atoms with E-state index in [1.807, 2.05) is 42.5 Å². The Balaban J connectivity index is 1.34. The molecule has 0 spiro atoms. The van der Waals surface area contributed by atoms with Gasteiger partial charge in [0.25, 0.3) is 15.9 Å². The summed E-state index contributed by atoms with van der Waals surface area (Å²) < 4.78 is 28.5. The van der Waals surface area contributed by atoms with Crippen LogP contribution >= 0.6 is 0 Å². The highest BCUT2D eigenvalue weighted by Crippen LogP contribution is 2.39. The lowest BCUT2D eigenvalue weighted by Gasteiger charge is -2.26. The molecule has 2 aliphatic heterocycles. The maximum absolute atomic E-state index is 13.4. The van der Waals surface area contributed by atoms with Gasteiger partial charge in [-0.05, 0) is 79.5 Å². The van der Waals surface area contributed by atoms with E-state index in [1.165, 1.54) is 43.3 Å². The average molecular weight is 566 g/mol. The first kappa shape index (κ1) is 26.7. The predicted octanol–water partition coefficient (Wildman–Crippen LogP) is 5.80. The summed E-state index contributed by atoms with van der Waals surface area (Å²) in [7, 11) is -3.85. The van der Waals surface area contributed by atoms with E-state index in [1.54, 1.807) is 24.3 Å². The van der Waals surface area contributed by atoms with Gasteiger partial charge < -0.3 is 10.6 Å². The smallest absolute Gasteiger partial charge is 0.263 e. The Labute approximate surface area is 240 Å². The molecule has 3 aromatic carbocycles. The maximum atomic E-state index is 13.4. The molecule has 6 rings (SSSR count). The van der Waals surface area contributed by atoms with Crippen LogP contribution in [0, 0.1) is 0 Å². The summed E-state index contributed by atoms with van der Waals surface area (Å²) in [4.78, 5) is 19.8. The van der Waals surface area contributed by atoms with Gasteiger partial charge in [-0.15, -0.1) is 0 Å². The third-order valence-electron chi connectivity index (χ3n) is 7.35. The lowest BCUT2D eigenvalue weighted by molar-refractivity contribution is -0.110. The summed E-state index contributed by atoms with van der Waals surface area (Å²) in [5, 5.41) is 6.42. The Morgan fingerprint density at radius 3 is 2.37 bits per heavy atom. The van der Waals surface area contributed by atoms with E-state index in [0.717, 1.165) is 30.9 Å². The monoisotopic (exact) mass is 565 g/mol. The van der Waals surface area contributed by atoms with Gasteiger partial charge in [-0.2, -0.15) is 0 Å². The van der Waals surface area contributed by atoms with Gasteiger partial charge in [0.2, 0.25) is 0 Å². The molecule has 1 aromatic heterocycles. The van der Waals surface area contributed by atoms with Crippen molar-refractivity contribution >= 4 is 44.3 Å². The number of amides is 1. The van der Waals surface area contributed by atoms with E-state index in [9.17, 15) is 13.2 Å². The molecular formula is C32H31N5O3S. The van der Waals surface area contributed by atoms with E-state index >= 15 is 0 Å².